The summed E-state index contributed by atoms with van der Waals surface area (Å²) in [6.45, 7) is -0.442. The smallest absolute Gasteiger partial charge is 0.256 e. The Morgan fingerprint density at radius 2 is 2.06 bits per heavy atom. The third-order valence-electron chi connectivity index (χ3n) is 6.10. The first-order valence-corrected chi connectivity index (χ1v) is 10.7. The second-order valence-corrected chi connectivity index (χ2v) is 8.29. The van der Waals surface area contributed by atoms with Crippen LogP contribution in [0.4, 0.5) is 11.6 Å². The minimum Gasteiger partial charge on any atom is -0.394 e. The third kappa shape index (κ3) is 3.80. The van der Waals surface area contributed by atoms with Gasteiger partial charge < -0.3 is 25.4 Å². The second kappa shape index (κ2) is 8.62. The van der Waals surface area contributed by atoms with E-state index in [1.807, 2.05) is 0 Å². The van der Waals surface area contributed by atoms with Gasteiger partial charge in [-0.15, -0.1) is 5.10 Å². The largest absolute Gasteiger partial charge is 0.394 e. The van der Waals surface area contributed by atoms with Crippen molar-refractivity contribution in [3.63, 3.8) is 0 Å². The Morgan fingerprint density at radius 3 is 2.76 bits per heavy atom. The van der Waals surface area contributed by atoms with Gasteiger partial charge in [0, 0.05) is 13.1 Å². The number of nitrogens with one attached hydrogen (secondary N) is 1. The average molecular weight is 459 g/mol. The zero-order valence-corrected chi connectivity index (χ0v) is 17.9. The Morgan fingerprint density at radius 1 is 1.27 bits per heavy atom. The first-order chi connectivity index (χ1) is 16.0. The Kier molecular flexibility index (Phi) is 5.65. The molecule has 0 radical (unpaired) electrons. The quantitative estimate of drug-likeness (QED) is 0.318. The van der Waals surface area contributed by atoms with Crippen molar-refractivity contribution in [1.29, 1.82) is 0 Å². The van der Waals surface area contributed by atoms with Gasteiger partial charge in [-0.3, -0.25) is 14.3 Å². The predicted molar refractivity (Wildman–Crippen MR) is 114 cm³/mol. The van der Waals surface area contributed by atoms with Crippen molar-refractivity contribution in [3.8, 4) is 5.95 Å². The van der Waals surface area contributed by atoms with Gasteiger partial charge in [0.2, 0.25) is 6.41 Å². The van der Waals surface area contributed by atoms with E-state index in [2.05, 4.69) is 30.6 Å². The fourth-order valence-corrected chi connectivity index (χ4v) is 4.24. The van der Waals surface area contributed by atoms with E-state index in [0.717, 1.165) is 25.7 Å². The van der Waals surface area contributed by atoms with Crippen molar-refractivity contribution in [3.05, 3.63) is 12.5 Å². The molecule has 4 atom stereocenters. The summed E-state index contributed by atoms with van der Waals surface area (Å²) >= 11 is 0. The number of carbonyl (C=O) groups is 1. The summed E-state index contributed by atoms with van der Waals surface area (Å²) in [7, 11) is 1.55. The van der Waals surface area contributed by atoms with Crippen LogP contribution in [0.25, 0.3) is 17.1 Å². The highest BCUT2D eigenvalue weighted by atomic mass is 16.6. The van der Waals surface area contributed by atoms with Gasteiger partial charge in [-0.2, -0.15) is 14.6 Å². The number of carbonyl (C=O) groups excluding carboxylic acids is 1. The number of hydrogen-bond acceptors (Lipinski definition) is 11. The molecule has 2 fully saturated rings. The van der Waals surface area contributed by atoms with Gasteiger partial charge in [-0.25, -0.2) is 4.98 Å². The second-order valence-electron chi connectivity index (χ2n) is 8.29. The lowest BCUT2D eigenvalue weighted by Crippen LogP contribution is -2.33. The molecule has 0 spiro atoms. The van der Waals surface area contributed by atoms with E-state index in [1.54, 1.807) is 7.05 Å². The van der Waals surface area contributed by atoms with E-state index in [4.69, 9.17) is 4.74 Å². The minimum absolute atomic E-state index is 0.175. The molecule has 14 nitrogen and oxygen atoms in total. The molecule has 3 aromatic heterocycles. The molecule has 0 aromatic carbocycles. The first kappa shape index (κ1) is 21.6. The van der Waals surface area contributed by atoms with Crippen LogP contribution in [0.2, 0.25) is 0 Å². The van der Waals surface area contributed by atoms with Gasteiger partial charge >= 0.3 is 0 Å². The zero-order valence-electron chi connectivity index (χ0n) is 17.9. The normalized spacial score (nSPS) is 25.7. The van der Waals surface area contributed by atoms with Gasteiger partial charge in [0.25, 0.3) is 5.95 Å². The van der Waals surface area contributed by atoms with E-state index in [0.29, 0.717) is 29.2 Å². The van der Waals surface area contributed by atoms with Gasteiger partial charge in [-0.05, 0) is 12.8 Å². The SMILES string of the molecule is CN(C=O)c1cn(-c2nc(NC3CCCC3)c3ncn(C4O[C@H](CO)[C@@H](O)[C@H]4O)c3n2)nn1. The van der Waals surface area contributed by atoms with E-state index < -0.39 is 31.1 Å². The minimum atomic E-state index is -1.29. The summed E-state index contributed by atoms with van der Waals surface area (Å²) in [6, 6.07) is 0.238. The van der Waals surface area contributed by atoms with Gasteiger partial charge in [-0.1, -0.05) is 18.1 Å². The van der Waals surface area contributed by atoms with Crippen LogP contribution in [0.5, 0.6) is 0 Å². The van der Waals surface area contributed by atoms with Crippen molar-refractivity contribution in [1.82, 2.24) is 34.5 Å². The van der Waals surface area contributed by atoms with Crippen LogP contribution in [0.15, 0.2) is 12.5 Å². The summed E-state index contributed by atoms with van der Waals surface area (Å²) in [5.41, 5.74) is 0.810. The number of aliphatic hydroxyl groups excluding tert-OH is 3. The lowest BCUT2D eigenvalue weighted by molar-refractivity contribution is -0.107. The lowest BCUT2D eigenvalue weighted by atomic mass is 10.1. The molecule has 1 aliphatic carbocycles. The predicted octanol–water partition coefficient (Wildman–Crippen LogP) is -1.03. The van der Waals surface area contributed by atoms with E-state index in [9.17, 15) is 20.1 Å². The third-order valence-corrected chi connectivity index (χ3v) is 6.10. The molecule has 2 aliphatic rings. The molecule has 0 bridgehead atoms. The number of aliphatic hydroxyl groups is 3. The highest BCUT2D eigenvalue weighted by molar-refractivity contribution is 5.84. The van der Waals surface area contributed by atoms with Crippen LogP contribution in [0, 0.1) is 0 Å². The number of imidazole rings is 1. The van der Waals surface area contributed by atoms with Crippen molar-refractivity contribution >= 4 is 29.2 Å². The van der Waals surface area contributed by atoms with E-state index in [1.165, 1.54) is 26.7 Å². The average Bonchev–Trinajstić information content (AvgIpc) is 3.61. The van der Waals surface area contributed by atoms with Crippen molar-refractivity contribution < 1.29 is 24.9 Å². The molecule has 1 aliphatic heterocycles. The maximum absolute atomic E-state index is 11.1. The molecule has 1 saturated heterocycles. The maximum Gasteiger partial charge on any atom is 0.256 e. The Bertz CT molecular complexity index is 1140. The molecular weight excluding hydrogens is 434 g/mol. The van der Waals surface area contributed by atoms with Crippen LogP contribution in [0.3, 0.4) is 0 Å². The molecule has 176 valence electrons. The molecule has 1 amide bonds. The Labute approximate surface area is 187 Å². The van der Waals surface area contributed by atoms with Crippen molar-refractivity contribution in [2.75, 3.05) is 23.9 Å². The van der Waals surface area contributed by atoms with Crippen LogP contribution in [-0.4, -0.2) is 94.3 Å². The summed E-state index contributed by atoms with van der Waals surface area (Å²) in [6.07, 6.45) is 3.37. The van der Waals surface area contributed by atoms with Crippen molar-refractivity contribution in [2.45, 2.75) is 56.3 Å². The fourth-order valence-electron chi connectivity index (χ4n) is 4.24. The zero-order chi connectivity index (χ0) is 23.1. The summed E-state index contributed by atoms with van der Waals surface area (Å²) in [4.78, 5) is 25.9. The van der Waals surface area contributed by atoms with Gasteiger partial charge in [0.1, 0.15) is 18.3 Å². The number of amides is 1. The fraction of sp³-hybridized carbons (Fsp3) is 0.579. The monoisotopic (exact) mass is 459 g/mol. The highest BCUT2D eigenvalue weighted by Gasteiger charge is 2.44. The first-order valence-electron chi connectivity index (χ1n) is 10.7. The lowest BCUT2D eigenvalue weighted by Gasteiger charge is -2.17. The summed E-state index contributed by atoms with van der Waals surface area (Å²) < 4.78 is 8.50. The topological polar surface area (TPSA) is 177 Å². The van der Waals surface area contributed by atoms with Crippen LogP contribution in [0.1, 0.15) is 31.9 Å². The summed E-state index contributed by atoms with van der Waals surface area (Å²) in [5, 5.41) is 41.6. The molecule has 5 rings (SSSR count). The number of anilines is 2. The number of nitrogens with zero attached hydrogens (tertiary/aromatic N) is 8. The molecule has 3 aromatic rings. The van der Waals surface area contributed by atoms with Crippen LogP contribution < -0.4 is 10.2 Å². The molecule has 4 heterocycles. The molecule has 33 heavy (non-hydrogen) atoms. The van der Waals surface area contributed by atoms with E-state index in [-0.39, 0.29) is 12.0 Å². The van der Waals surface area contributed by atoms with Gasteiger partial charge in [0.15, 0.2) is 29.0 Å². The van der Waals surface area contributed by atoms with Crippen LogP contribution >= 0.6 is 0 Å². The number of fused-ring (bicyclic) bond motifs is 1. The molecule has 14 heteroatoms. The van der Waals surface area contributed by atoms with Gasteiger partial charge in [0.05, 0.1) is 19.1 Å². The maximum atomic E-state index is 11.1. The number of aromatic nitrogens is 7. The standard InChI is InChI=1S/C19H25N9O5/c1-26(9-30)12-6-28(25-24-12)19-22-16(21-10-4-2-3-5-10)13-17(23-19)27(8-20-13)18-15(32)14(31)11(7-29)33-18/h6,8-11,14-15,18,29,31-32H,2-5,7H2,1H3,(H,21,22,23)/t11-,14-,15-,18?/m1/s1. The number of hydrogen-bond donors (Lipinski definition) is 4. The molecule has 4 N–H and O–H groups in total. The van der Waals surface area contributed by atoms with E-state index >= 15 is 0 Å². The molecular formula is C19H25N9O5. The van der Waals surface area contributed by atoms with Crippen molar-refractivity contribution in [2.24, 2.45) is 0 Å². The Hall–Kier alpha value is -3.20. The number of rotatable bonds is 7. The molecule has 1 unspecified atom stereocenters. The summed E-state index contributed by atoms with van der Waals surface area (Å²) in [5.74, 6) is 0.985. The Balaban J connectivity index is 1.59. The van der Waals surface area contributed by atoms with Crippen LogP contribution in [-0.2, 0) is 9.53 Å². The highest BCUT2D eigenvalue weighted by Crippen LogP contribution is 2.33. The molecule has 1 saturated carbocycles. The number of ether oxygens (including phenoxy) is 1.